The van der Waals surface area contributed by atoms with Crippen LogP contribution in [-0.4, -0.2) is 12.1 Å². The number of nitriles is 1. The number of benzene rings is 2. The molecule has 1 N–H and O–H groups in total. The van der Waals surface area contributed by atoms with E-state index in [0.717, 1.165) is 16.5 Å². The summed E-state index contributed by atoms with van der Waals surface area (Å²) in [5, 5.41) is 14.6. The molecule has 0 aliphatic rings. The molecule has 0 radical (unpaired) electrons. The normalized spacial score (nSPS) is 10.1. The van der Waals surface area contributed by atoms with E-state index in [0.29, 0.717) is 17.0 Å². The van der Waals surface area contributed by atoms with Gasteiger partial charge in [0.1, 0.15) is 11.8 Å². The number of aromatic nitrogens is 1. The van der Waals surface area contributed by atoms with Gasteiger partial charge in [0.25, 0.3) is 0 Å². The van der Waals surface area contributed by atoms with Gasteiger partial charge in [-0.25, -0.2) is 0 Å². The van der Waals surface area contributed by atoms with Crippen LogP contribution in [0.2, 0.25) is 0 Å². The van der Waals surface area contributed by atoms with Crippen LogP contribution in [0.3, 0.4) is 0 Å². The average molecular weight is 275 g/mol. The monoisotopic (exact) mass is 275 g/mol. The zero-order valence-electron chi connectivity index (χ0n) is 11.5. The van der Waals surface area contributed by atoms with Crippen LogP contribution in [0.4, 0.5) is 11.4 Å². The van der Waals surface area contributed by atoms with Gasteiger partial charge in [-0.05, 0) is 29.7 Å². The predicted molar refractivity (Wildman–Crippen MR) is 82.7 cm³/mol. The van der Waals surface area contributed by atoms with Crippen LogP contribution < -0.4 is 10.1 Å². The van der Waals surface area contributed by atoms with Gasteiger partial charge >= 0.3 is 0 Å². The molecule has 0 aliphatic heterocycles. The minimum atomic E-state index is 0.566. The summed E-state index contributed by atoms with van der Waals surface area (Å²) >= 11 is 0. The van der Waals surface area contributed by atoms with Gasteiger partial charge in [0.15, 0.2) is 0 Å². The van der Waals surface area contributed by atoms with E-state index in [-0.39, 0.29) is 0 Å². The maximum Gasteiger partial charge on any atom is 0.121 e. The van der Waals surface area contributed by atoms with E-state index >= 15 is 0 Å². The van der Waals surface area contributed by atoms with Gasteiger partial charge in [-0.1, -0.05) is 12.1 Å². The molecule has 21 heavy (non-hydrogen) atoms. The standard InChI is InChI=1S/C17H13N3O/c1-21-14-6-5-13(10-18)17(9-14)20-16-4-2-3-12-7-8-19-11-15(12)16/h2-9,11,20H,1H3. The summed E-state index contributed by atoms with van der Waals surface area (Å²) in [7, 11) is 1.60. The second kappa shape index (κ2) is 5.51. The number of hydrogen-bond donors (Lipinski definition) is 1. The first kappa shape index (κ1) is 12.9. The molecule has 0 aliphatic carbocycles. The lowest BCUT2D eigenvalue weighted by Gasteiger charge is -2.12. The van der Waals surface area contributed by atoms with Crippen molar-refractivity contribution >= 4 is 22.1 Å². The summed E-state index contributed by atoms with van der Waals surface area (Å²) in [6, 6.07) is 15.4. The second-order valence-electron chi connectivity index (χ2n) is 4.55. The molecule has 0 spiro atoms. The Morgan fingerprint density at radius 2 is 2.05 bits per heavy atom. The molecule has 0 amide bonds. The van der Waals surface area contributed by atoms with E-state index in [2.05, 4.69) is 16.4 Å². The highest BCUT2D eigenvalue weighted by molar-refractivity contribution is 5.95. The highest BCUT2D eigenvalue weighted by Gasteiger charge is 2.07. The number of anilines is 2. The highest BCUT2D eigenvalue weighted by Crippen LogP contribution is 2.29. The summed E-state index contributed by atoms with van der Waals surface area (Å²) < 4.78 is 5.22. The number of rotatable bonds is 3. The van der Waals surface area contributed by atoms with Crippen LogP contribution in [0, 0.1) is 11.3 Å². The van der Waals surface area contributed by atoms with Gasteiger partial charge in [0, 0.05) is 29.5 Å². The SMILES string of the molecule is COc1ccc(C#N)c(Nc2cccc3ccncc23)c1. The molecular formula is C17H13N3O. The first-order valence-corrected chi connectivity index (χ1v) is 6.50. The Balaban J connectivity index is 2.08. The molecule has 0 saturated heterocycles. The van der Waals surface area contributed by atoms with Crippen molar-refractivity contribution in [2.24, 2.45) is 0 Å². The van der Waals surface area contributed by atoms with E-state index in [1.54, 1.807) is 25.4 Å². The lowest BCUT2D eigenvalue weighted by atomic mass is 10.1. The number of ether oxygens (including phenoxy) is 1. The van der Waals surface area contributed by atoms with Gasteiger partial charge < -0.3 is 10.1 Å². The molecule has 102 valence electrons. The number of nitrogens with zero attached hydrogens (tertiary/aromatic N) is 2. The van der Waals surface area contributed by atoms with Crippen LogP contribution in [0.25, 0.3) is 10.8 Å². The third-order valence-corrected chi connectivity index (χ3v) is 3.30. The van der Waals surface area contributed by atoms with E-state index in [1.807, 2.05) is 36.5 Å². The Morgan fingerprint density at radius 3 is 2.86 bits per heavy atom. The van der Waals surface area contributed by atoms with Gasteiger partial charge in [-0.3, -0.25) is 4.98 Å². The number of nitrogens with one attached hydrogen (secondary N) is 1. The Morgan fingerprint density at radius 1 is 1.14 bits per heavy atom. The van der Waals surface area contributed by atoms with E-state index in [9.17, 15) is 5.26 Å². The summed E-state index contributed by atoms with van der Waals surface area (Å²) in [6.07, 6.45) is 3.57. The Kier molecular flexibility index (Phi) is 3.40. The number of hydrogen-bond acceptors (Lipinski definition) is 4. The molecule has 1 aromatic heterocycles. The maximum atomic E-state index is 9.23. The van der Waals surface area contributed by atoms with Crippen LogP contribution in [0.1, 0.15) is 5.56 Å². The molecule has 3 aromatic rings. The van der Waals surface area contributed by atoms with Crippen molar-refractivity contribution in [1.29, 1.82) is 5.26 Å². The van der Waals surface area contributed by atoms with Crippen LogP contribution in [0.5, 0.6) is 5.75 Å². The minimum Gasteiger partial charge on any atom is -0.497 e. The molecule has 0 saturated carbocycles. The largest absolute Gasteiger partial charge is 0.497 e. The Bertz CT molecular complexity index is 832. The highest BCUT2D eigenvalue weighted by atomic mass is 16.5. The number of pyridine rings is 1. The van der Waals surface area contributed by atoms with Crippen molar-refractivity contribution in [1.82, 2.24) is 4.98 Å². The van der Waals surface area contributed by atoms with Gasteiger partial charge in [-0.2, -0.15) is 5.26 Å². The van der Waals surface area contributed by atoms with E-state index < -0.39 is 0 Å². The molecule has 4 nitrogen and oxygen atoms in total. The molecular weight excluding hydrogens is 262 g/mol. The summed E-state index contributed by atoms with van der Waals surface area (Å²) in [4.78, 5) is 4.16. The fourth-order valence-corrected chi connectivity index (χ4v) is 2.22. The van der Waals surface area contributed by atoms with Crippen molar-refractivity contribution in [3.63, 3.8) is 0 Å². The topological polar surface area (TPSA) is 57.9 Å². The molecule has 0 unspecified atom stereocenters. The molecule has 2 aromatic carbocycles. The maximum absolute atomic E-state index is 9.23. The lowest BCUT2D eigenvalue weighted by Crippen LogP contribution is -1.96. The van der Waals surface area contributed by atoms with Crippen molar-refractivity contribution in [2.45, 2.75) is 0 Å². The van der Waals surface area contributed by atoms with Crippen LogP contribution >= 0.6 is 0 Å². The van der Waals surface area contributed by atoms with Crippen LogP contribution in [-0.2, 0) is 0 Å². The van der Waals surface area contributed by atoms with Gasteiger partial charge in [0.05, 0.1) is 18.4 Å². The first-order valence-electron chi connectivity index (χ1n) is 6.50. The third kappa shape index (κ3) is 2.49. The van der Waals surface area contributed by atoms with Crippen molar-refractivity contribution in [2.75, 3.05) is 12.4 Å². The van der Waals surface area contributed by atoms with Crippen molar-refractivity contribution in [3.8, 4) is 11.8 Å². The summed E-state index contributed by atoms with van der Waals surface area (Å²) in [5.41, 5.74) is 2.19. The minimum absolute atomic E-state index is 0.566. The second-order valence-corrected chi connectivity index (χ2v) is 4.55. The van der Waals surface area contributed by atoms with E-state index in [4.69, 9.17) is 4.74 Å². The number of fused-ring (bicyclic) bond motifs is 1. The Hall–Kier alpha value is -3.06. The molecule has 1 heterocycles. The van der Waals surface area contributed by atoms with Crippen molar-refractivity contribution < 1.29 is 4.74 Å². The average Bonchev–Trinajstić information content (AvgIpc) is 2.55. The van der Waals surface area contributed by atoms with Crippen molar-refractivity contribution in [3.05, 3.63) is 60.4 Å². The zero-order chi connectivity index (χ0) is 14.7. The molecule has 4 heteroatoms. The Labute approximate surface area is 122 Å². The fraction of sp³-hybridized carbons (Fsp3) is 0.0588. The molecule has 0 bridgehead atoms. The summed E-state index contributed by atoms with van der Waals surface area (Å²) in [5.74, 6) is 0.704. The molecule has 3 rings (SSSR count). The van der Waals surface area contributed by atoms with Gasteiger partial charge in [-0.15, -0.1) is 0 Å². The smallest absolute Gasteiger partial charge is 0.121 e. The quantitative estimate of drug-likeness (QED) is 0.788. The first-order chi connectivity index (χ1) is 10.3. The summed E-state index contributed by atoms with van der Waals surface area (Å²) in [6.45, 7) is 0. The number of methoxy groups -OCH3 is 1. The van der Waals surface area contributed by atoms with E-state index in [1.165, 1.54) is 0 Å². The van der Waals surface area contributed by atoms with Crippen LogP contribution in [0.15, 0.2) is 54.9 Å². The fourth-order valence-electron chi connectivity index (χ4n) is 2.22. The molecule has 0 atom stereocenters. The van der Waals surface area contributed by atoms with Gasteiger partial charge in [0.2, 0.25) is 0 Å². The third-order valence-electron chi connectivity index (χ3n) is 3.30. The molecule has 0 fully saturated rings. The lowest BCUT2D eigenvalue weighted by molar-refractivity contribution is 0.415. The zero-order valence-corrected chi connectivity index (χ0v) is 11.5. The predicted octanol–water partition coefficient (Wildman–Crippen LogP) is 3.86.